The molecule has 1 atom stereocenters. The van der Waals surface area contributed by atoms with Crippen LogP contribution in [0.25, 0.3) is 0 Å². The van der Waals surface area contributed by atoms with Gasteiger partial charge < -0.3 is 9.47 Å². The summed E-state index contributed by atoms with van der Waals surface area (Å²) < 4.78 is 11.3. The maximum Gasteiger partial charge on any atom is 0.240 e. The molecule has 1 heterocycles. The summed E-state index contributed by atoms with van der Waals surface area (Å²) in [6, 6.07) is 7.43. The number of hydrazine groups is 1. The molecule has 1 unspecified atom stereocenters. The van der Waals surface area contributed by atoms with E-state index in [1.807, 2.05) is 24.3 Å². The number of nitrogens with two attached hydrogens (primary N) is 1. The minimum Gasteiger partial charge on any atom is -0.480 e. The number of benzene rings is 1. The van der Waals surface area contributed by atoms with Gasteiger partial charge in [0.05, 0.1) is 26.5 Å². The summed E-state index contributed by atoms with van der Waals surface area (Å²) in [7, 11) is 3.05. The molecule has 7 heteroatoms. The van der Waals surface area contributed by atoms with Crippen LogP contribution in [0.5, 0.6) is 11.8 Å². The maximum absolute atomic E-state index is 5.66. The molecule has 2 aromatic rings. The van der Waals surface area contributed by atoms with Gasteiger partial charge in [-0.25, -0.2) is 10.4 Å². The van der Waals surface area contributed by atoms with Gasteiger partial charge in [-0.2, -0.15) is 4.98 Å². The van der Waals surface area contributed by atoms with Crippen molar-refractivity contribution in [2.75, 3.05) is 14.2 Å². The highest BCUT2D eigenvalue weighted by molar-refractivity contribution is 9.10. The number of hydrogen-bond donors (Lipinski definition) is 2. The van der Waals surface area contributed by atoms with E-state index in [2.05, 4.69) is 31.3 Å². The van der Waals surface area contributed by atoms with E-state index >= 15 is 0 Å². The first-order chi connectivity index (χ1) is 9.69. The van der Waals surface area contributed by atoms with Gasteiger partial charge in [-0.3, -0.25) is 5.84 Å². The quantitative estimate of drug-likeness (QED) is 0.639. The lowest BCUT2D eigenvalue weighted by atomic mass is 10.0. The van der Waals surface area contributed by atoms with E-state index in [9.17, 15) is 0 Å². The number of halogens is 1. The third-order valence-electron chi connectivity index (χ3n) is 2.77. The van der Waals surface area contributed by atoms with Gasteiger partial charge in [0.15, 0.2) is 0 Å². The molecule has 0 aliphatic rings. The van der Waals surface area contributed by atoms with Crippen LogP contribution < -0.4 is 20.7 Å². The minimum atomic E-state index is -0.333. The molecule has 2 rings (SSSR count). The van der Waals surface area contributed by atoms with Gasteiger partial charge in [-0.05, 0) is 17.7 Å². The highest BCUT2D eigenvalue weighted by atomic mass is 79.9. The summed E-state index contributed by atoms with van der Waals surface area (Å²) in [5, 5.41) is 0. The molecule has 0 saturated carbocycles. The van der Waals surface area contributed by atoms with Crippen molar-refractivity contribution in [1.29, 1.82) is 0 Å². The van der Waals surface area contributed by atoms with Crippen LogP contribution in [0, 0.1) is 0 Å². The molecule has 1 aromatic heterocycles. The Bertz CT molecular complexity index is 594. The van der Waals surface area contributed by atoms with Crippen molar-refractivity contribution in [1.82, 2.24) is 15.4 Å². The van der Waals surface area contributed by atoms with Crippen LogP contribution >= 0.6 is 15.9 Å². The Morgan fingerprint density at radius 1 is 1.30 bits per heavy atom. The standard InChI is InChI=1S/C13H15BrN4O2/c1-19-10-7-16-12(13(17-10)20-2)11(18-15)8-4-3-5-9(14)6-8/h3-7,11,18H,15H2,1-2H3. The summed E-state index contributed by atoms with van der Waals surface area (Å²) in [6.45, 7) is 0. The summed E-state index contributed by atoms with van der Waals surface area (Å²) in [5.74, 6) is 6.41. The van der Waals surface area contributed by atoms with Gasteiger partial charge >= 0.3 is 0 Å². The van der Waals surface area contributed by atoms with Crippen LogP contribution in [-0.2, 0) is 0 Å². The number of nitrogens with zero attached hydrogens (tertiary/aromatic N) is 2. The topological polar surface area (TPSA) is 82.3 Å². The lowest BCUT2D eigenvalue weighted by Gasteiger charge is -2.18. The Morgan fingerprint density at radius 3 is 2.70 bits per heavy atom. The largest absolute Gasteiger partial charge is 0.480 e. The van der Waals surface area contributed by atoms with E-state index in [1.165, 1.54) is 20.4 Å². The molecule has 0 fully saturated rings. The molecule has 1 aromatic carbocycles. The lowest BCUT2D eigenvalue weighted by Crippen LogP contribution is -2.30. The third-order valence-corrected chi connectivity index (χ3v) is 3.26. The van der Waals surface area contributed by atoms with E-state index in [0.717, 1.165) is 10.0 Å². The fraction of sp³-hybridized carbons (Fsp3) is 0.231. The second-order valence-electron chi connectivity index (χ2n) is 3.96. The fourth-order valence-electron chi connectivity index (χ4n) is 1.83. The average molecular weight is 339 g/mol. The van der Waals surface area contributed by atoms with Crippen LogP contribution in [0.2, 0.25) is 0 Å². The van der Waals surface area contributed by atoms with Crippen molar-refractivity contribution < 1.29 is 9.47 Å². The zero-order valence-corrected chi connectivity index (χ0v) is 12.7. The van der Waals surface area contributed by atoms with Crippen molar-refractivity contribution in [3.8, 4) is 11.8 Å². The Morgan fingerprint density at radius 2 is 2.10 bits per heavy atom. The molecule has 0 spiro atoms. The lowest BCUT2D eigenvalue weighted by molar-refractivity contribution is 0.352. The van der Waals surface area contributed by atoms with E-state index < -0.39 is 0 Å². The number of aromatic nitrogens is 2. The zero-order valence-electron chi connectivity index (χ0n) is 11.1. The van der Waals surface area contributed by atoms with E-state index in [1.54, 1.807) is 0 Å². The third kappa shape index (κ3) is 3.06. The van der Waals surface area contributed by atoms with Gasteiger partial charge in [0, 0.05) is 4.47 Å². The molecule has 0 radical (unpaired) electrons. The van der Waals surface area contributed by atoms with Crippen molar-refractivity contribution in [3.63, 3.8) is 0 Å². The molecule has 0 bridgehead atoms. The van der Waals surface area contributed by atoms with E-state index in [4.69, 9.17) is 15.3 Å². The van der Waals surface area contributed by atoms with Crippen LogP contribution in [0.4, 0.5) is 0 Å². The molecule has 0 aliphatic carbocycles. The normalized spacial score (nSPS) is 12.0. The van der Waals surface area contributed by atoms with E-state index in [0.29, 0.717) is 17.5 Å². The predicted molar refractivity (Wildman–Crippen MR) is 78.4 cm³/mol. The molecule has 6 nitrogen and oxygen atoms in total. The maximum atomic E-state index is 5.66. The van der Waals surface area contributed by atoms with Crippen LogP contribution in [0.3, 0.4) is 0 Å². The first-order valence-electron chi connectivity index (χ1n) is 5.86. The molecule has 20 heavy (non-hydrogen) atoms. The Balaban J connectivity index is 2.46. The highest BCUT2D eigenvalue weighted by Crippen LogP contribution is 2.28. The van der Waals surface area contributed by atoms with Crippen LogP contribution in [-0.4, -0.2) is 24.2 Å². The monoisotopic (exact) mass is 338 g/mol. The number of hydrogen-bond acceptors (Lipinski definition) is 6. The number of methoxy groups -OCH3 is 2. The zero-order chi connectivity index (χ0) is 14.5. The van der Waals surface area contributed by atoms with Gasteiger partial charge in [0.1, 0.15) is 5.69 Å². The first-order valence-corrected chi connectivity index (χ1v) is 6.65. The van der Waals surface area contributed by atoms with Crippen molar-refractivity contribution in [3.05, 3.63) is 46.2 Å². The van der Waals surface area contributed by atoms with Gasteiger partial charge in [0.25, 0.3) is 0 Å². The minimum absolute atomic E-state index is 0.333. The van der Waals surface area contributed by atoms with Crippen molar-refractivity contribution in [2.24, 2.45) is 5.84 Å². The predicted octanol–water partition coefficient (Wildman–Crippen LogP) is 1.81. The van der Waals surface area contributed by atoms with Crippen molar-refractivity contribution >= 4 is 15.9 Å². The molecule has 3 N–H and O–H groups in total. The van der Waals surface area contributed by atoms with Gasteiger partial charge in [-0.15, -0.1) is 0 Å². The molecule has 0 saturated heterocycles. The Labute approximate surface area is 125 Å². The molecule has 106 valence electrons. The second-order valence-corrected chi connectivity index (χ2v) is 4.88. The Hall–Kier alpha value is -1.70. The fourth-order valence-corrected chi connectivity index (χ4v) is 2.25. The number of rotatable bonds is 5. The van der Waals surface area contributed by atoms with Gasteiger partial charge in [0.2, 0.25) is 11.8 Å². The number of ether oxygens (including phenoxy) is 2. The Kier molecular flexibility index (Phi) is 4.89. The SMILES string of the molecule is COc1cnc(C(NN)c2cccc(Br)c2)c(OC)n1. The smallest absolute Gasteiger partial charge is 0.240 e. The van der Waals surface area contributed by atoms with Crippen molar-refractivity contribution in [2.45, 2.75) is 6.04 Å². The molecule has 0 amide bonds. The summed E-state index contributed by atoms with van der Waals surface area (Å²) in [5.41, 5.74) is 4.27. The summed E-state index contributed by atoms with van der Waals surface area (Å²) in [6.07, 6.45) is 1.53. The van der Waals surface area contributed by atoms with Crippen LogP contribution in [0.1, 0.15) is 17.3 Å². The highest BCUT2D eigenvalue weighted by Gasteiger charge is 2.20. The second kappa shape index (κ2) is 6.65. The van der Waals surface area contributed by atoms with E-state index in [-0.39, 0.29) is 6.04 Å². The molecule has 0 aliphatic heterocycles. The first kappa shape index (κ1) is 14.7. The van der Waals surface area contributed by atoms with Gasteiger partial charge in [-0.1, -0.05) is 28.1 Å². The molecular formula is C13H15BrN4O2. The summed E-state index contributed by atoms with van der Waals surface area (Å²) in [4.78, 5) is 8.54. The molecular weight excluding hydrogens is 324 g/mol. The van der Waals surface area contributed by atoms with Crippen LogP contribution in [0.15, 0.2) is 34.9 Å². The average Bonchev–Trinajstić information content (AvgIpc) is 2.48. The summed E-state index contributed by atoms with van der Waals surface area (Å²) >= 11 is 3.43. The number of nitrogens with one attached hydrogen (secondary N) is 1.